The molecule has 13 N–H and O–H groups in total. The summed E-state index contributed by atoms with van der Waals surface area (Å²) in [5.41, 5.74) is 1.74. The highest BCUT2D eigenvalue weighted by Gasteiger charge is 2.57. The molecule has 4 amide bonds. The van der Waals surface area contributed by atoms with Gasteiger partial charge in [0, 0.05) is 39.8 Å². The van der Waals surface area contributed by atoms with Crippen molar-refractivity contribution in [2.75, 3.05) is 26.4 Å². The summed E-state index contributed by atoms with van der Waals surface area (Å²) in [5.74, 6) is -2.98. The standard InChI is InChI=1S/C38H57N5O24/c1-13(48)39-23-27(53)26(52)19(9-44)60-36(23)65-33-22(12-47)63-38(34(30(33)56)67-42-16(4)51)66-32-21(11-46)62-37(25(29(32)55)41-15(3)50)64-31-20(10-45)61-35(24(28(31)54)40-14(2)49)59-18-7-5-17(6-8-18)43(57)58/h5-8,19-38,44-47,52-56H,9-12H2,1-4H3,(H,39,48)(H,40,49)(H,41,50)(H,42,51)/t19-,20-,21-,22-,23-,24-,25-,26-,27-,28-,29-,30+,31-,32-,33-,34-,35-,36+,37+,38+/m1/s1. The normalized spacial score (nSPS) is 38.8. The van der Waals surface area contributed by atoms with E-state index in [4.69, 9.17) is 42.7 Å². The Morgan fingerprint density at radius 3 is 1.36 bits per heavy atom. The molecule has 5 rings (SSSR count). The lowest BCUT2D eigenvalue weighted by Gasteiger charge is -2.50. The van der Waals surface area contributed by atoms with Gasteiger partial charge >= 0.3 is 0 Å². The first-order valence-corrected chi connectivity index (χ1v) is 20.8. The number of hydroxylamine groups is 1. The predicted molar refractivity (Wildman–Crippen MR) is 213 cm³/mol. The Morgan fingerprint density at radius 1 is 0.537 bits per heavy atom. The van der Waals surface area contributed by atoms with Crippen LogP contribution < -0.4 is 26.2 Å². The van der Waals surface area contributed by atoms with Crippen LogP contribution in [0.2, 0.25) is 0 Å². The molecule has 29 heteroatoms. The summed E-state index contributed by atoms with van der Waals surface area (Å²) in [6.45, 7) is 0.632. The van der Waals surface area contributed by atoms with Crippen LogP contribution in [0.25, 0.3) is 0 Å². The summed E-state index contributed by atoms with van der Waals surface area (Å²) < 4.78 is 47.3. The van der Waals surface area contributed by atoms with E-state index in [9.17, 15) is 75.3 Å². The molecule has 4 heterocycles. The second kappa shape index (κ2) is 23.8. The zero-order valence-electron chi connectivity index (χ0n) is 36.3. The maximum Gasteiger partial charge on any atom is 0.269 e. The molecule has 0 spiro atoms. The monoisotopic (exact) mass is 967 g/mol. The number of nitrogens with one attached hydrogen (secondary N) is 4. The molecule has 67 heavy (non-hydrogen) atoms. The van der Waals surface area contributed by atoms with E-state index in [0.29, 0.717) is 0 Å². The highest BCUT2D eigenvalue weighted by molar-refractivity contribution is 5.74. The topological polar surface area (TPSA) is 425 Å². The quantitative estimate of drug-likeness (QED) is 0.0480. The number of aliphatic hydroxyl groups excluding tert-OH is 9. The second-order valence-corrected chi connectivity index (χ2v) is 15.9. The highest BCUT2D eigenvalue weighted by atomic mass is 16.8. The van der Waals surface area contributed by atoms with Crippen LogP contribution >= 0.6 is 0 Å². The molecule has 0 saturated carbocycles. The number of carbonyl (C=O) groups is 4. The molecule has 29 nitrogen and oxygen atoms in total. The Kier molecular flexibility index (Phi) is 19.0. The van der Waals surface area contributed by atoms with Crippen molar-refractivity contribution in [1.29, 1.82) is 0 Å². The minimum Gasteiger partial charge on any atom is -0.463 e. The molecule has 1 aromatic rings. The number of hydrogen-bond acceptors (Lipinski definition) is 24. The van der Waals surface area contributed by atoms with E-state index in [1.54, 1.807) is 0 Å². The Bertz CT molecular complexity index is 1840. The van der Waals surface area contributed by atoms with Crippen molar-refractivity contribution < 1.29 is 113 Å². The number of hydrogen-bond donors (Lipinski definition) is 13. The number of ether oxygens (including phenoxy) is 8. The summed E-state index contributed by atoms with van der Waals surface area (Å²) in [5, 5.41) is 116. The van der Waals surface area contributed by atoms with Crippen LogP contribution in [0, 0.1) is 10.1 Å². The second-order valence-electron chi connectivity index (χ2n) is 15.9. The third kappa shape index (κ3) is 12.8. The number of carbonyl (C=O) groups excluding carboxylic acids is 4. The number of amides is 4. The van der Waals surface area contributed by atoms with E-state index in [1.807, 2.05) is 5.48 Å². The third-order valence-corrected chi connectivity index (χ3v) is 11.0. The van der Waals surface area contributed by atoms with Gasteiger partial charge in [0.2, 0.25) is 29.9 Å². The third-order valence-electron chi connectivity index (χ3n) is 11.0. The van der Waals surface area contributed by atoms with Crippen LogP contribution in [0.3, 0.4) is 0 Å². The fourth-order valence-electron chi connectivity index (χ4n) is 7.89. The van der Waals surface area contributed by atoms with Gasteiger partial charge in [-0.1, -0.05) is 0 Å². The van der Waals surface area contributed by atoms with Gasteiger partial charge in [-0.2, -0.15) is 0 Å². The zero-order chi connectivity index (χ0) is 49.4. The first-order valence-electron chi connectivity index (χ1n) is 20.8. The van der Waals surface area contributed by atoms with Crippen molar-refractivity contribution in [2.45, 2.75) is 150 Å². The summed E-state index contributed by atoms with van der Waals surface area (Å²) in [7, 11) is 0. The van der Waals surface area contributed by atoms with Gasteiger partial charge in [-0.3, -0.25) is 34.1 Å². The molecule has 0 unspecified atom stereocenters. The summed E-state index contributed by atoms with van der Waals surface area (Å²) in [4.78, 5) is 64.9. The molecule has 1 aromatic carbocycles. The lowest BCUT2D eigenvalue weighted by atomic mass is 9.93. The largest absolute Gasteiger partial charge is 0.463 e. The van der Waals surface area contributed by atoms with E-state index in [1.165, 1.54) is 12.1 Å². The Hall–Kier alpha value is -4.38. The SMILES string of the molecule is CC(=O)NO[C@H]1[C@H](O[C@H]2[C@H](O)[C@@H](NC(C)=O)[C@H](O[C@H]3[C@H](O)[C@@H](NC(C)=O)[C@H](Oc4ccc([N+](=O)[O-])cc4)O[C@@H]3CO)O[C@@H]2CO)O[C@H](CO)[C@@H](O[C@@H]2O[C@H](CO)[C@@H](O)[C@H](O)[C@H]2NC(C)=O)[C@@H]1O. The lowest BCUT2D eigenvalue weighted by Crippen LogP contribution is -2.71. The molecule has 20 atom stereocenters. The summed E-state index contributed by atoms with van der Waals surface area (Å²) in [6.07, 6.45) is -29.6. The number of nitro benzene ring substituents is 1. The average Bonchev–Trinajstić information content (AvgIpc) is 3.27. The van der Waals surface area contributed by atoms with Gasteiger partial charge in [-0.05, 0) is 12.1 Å². The van der Waals surface area contributed by atoms with E-state index >= 15 is 0 Å². The molecule has 4 fully saturated rings. The van der Waals surface area contributed by atoms with Gasteiger partial charge < -0.3 is 99.8 Å². The maximum atomic E-state index is 12.6. The van der Waals surface area contributed by atoms with E-state index in [-0.39, 0.29) is 11.4 Å². The van der Waals surface area contributed by atoms with Crippen molar-refractivity contribution in [3.05, 3.63) is 34.4 Å². The number of rotatable bonds is 18. The van der Waals surface area contributed by atoms with Crippen LogP contribution in [-0.4, -0.2) is 224 Å². The summed E-state index contributed by atoms with van der Waals surface area (Å²) >= 11 is 0. The molecule has 378 valence electrons. The fraction of sp³-hybridized carbons (Fsp3) is 0.737. The minimum absolute atomic E-state index is 0.00800. The van der Waals surface area contributed by atoms with Crippen molar-refractivity contribution in [1.82, 2.24) is 21.4 Å². The Labute approximate surface area is 380 Å². The van der Waals surface area contributed by atoms with Crippen LogP contribution in [-0.2, 0) is 57.2 Å². The molecule has 4 aliphatic rings. The van der Waals surface area contributed by atoms with Gasteiger partial charge in [0.05, 0.1) is 31.4 Å². The average molecular weight is 968 g/mol. The number of aliphatic hydroxyl groups is 9. The van der Waals surface area contributed by atoms with E-state index < -0.39 is 178 Å². The van der Waals surface area contributed by atoms with Crippen molar-refractivity contribution in [3.63, 3.8) is 0 Å². The Morgan fingerprint density at radius 2 is 0.925 bits per heavy atom. The molecule has 4 aliphatic heterocycles. The molecule has 4 saturated heterocycles. The number of nitrogens with zero attached hydrogens (tertiary/aromatic N) is 1. The maximum absolute atomic E-state index is 12.6. The van der Waals surface area contributed by atoms with Gasteiger partial charge in [-0.15, -0.1) is 0 Å². The fourth-order valence-corrected chi connectivity index (χ4v) is 7.89. The molecule has 0 radical (unpaired) electrons. The first kappa shape index (κ1) is 53.6. The van der Waals surface area contributed by atoms with E-state index in [2.05, 4.69) is 16.0 Å². The molecule has 0 bridgehead atoms. The van der Waals surface area contributed by atoms with Gasteiger partial charge in [0.15, 0.2) is 25.0 Å². The van der Waals surface area contributed by atoms with Crippen LogP contribution in [0.15, 0.2) is 24.3 Å². The first-order chi connectivity index (χ1) is 31.7. The lowest BCUT2D eigenvalue weighted by molar-refractivity contribution is -0.384. The molecular formula is C38H57N5O24. The van der Waals surface area contributed by atoms with Crippen molar-refractivity contribution >= 4 is 29.3 Å². The van der Waals surface area contributed by atoms with Crippen LogP contribution in [0.4, 0.5) is 5.69 Å². The number of nitro groups is 1. The molecule has 0 aliphatic carbocycles. The number of benzene rings is 1. The highest BCUT2D eigenvalue weighted by Crippen LogP contribution is 2.36. The van der Waals surface area contributed by atoms with Gasteiger partial charge in [-0.25, -0.2) is 5.48 Å². The van der Waals surface area contributed by atoms with Crippen molar-refractivity contribution in [2.24, 2.45) is 0 Å². The van der Waals surface area contributed by atoms with Crippen LogP contribution in [0.5, 0.6) is 5.75 Å². The minimum atomic E-state index is -2.01. The number of non-ortho nitro benzene ring substituents is 1. The predicted octanol–water partition coefficient (Wildman–Crippen LogP) is -7.25. The van der Waals surface area contributed by atoms with Crippen LogP contribution in [0.1, 0.15) is 27.7 Å². The zero-order valence-corrected chi connectivity index (χ0v) is 36.3. The molecular weight excluding hydrogens is 910 g/mol. The molecule has 0 aromatic heterocycles. The van der Waals surface area contributed by atoms with Gasteiger partial charge in [0.25, 0.3) is 5.69 Å². The van der Waals surface area contributed by atoms with E-state index in [0.717, 1.165) is 39.8 Å². The smallest absolute Gasteiger partial charge is 0.269 e. The van der Waals surface area contributed by atoms with Crippen molar-refractivity contribution in [3.8, 4) is 5.75 Å². The Balaban J connectivity index is 1.40. The summed E-state index contributed by atoms with van der Waals surface area (Å²) in [6, 6.07) is 0.0518. The van der Waals surface area contributed by atoms with Gasteiger partial charge in [0.1, 0.15) is 97.1 Å².